The lowest BCUT2D eigenvalue weighted by Gasteiger charge is -2.19. The molecule has 1 unspecified atom stereocenters. The molecule has 0 saturated carbocycles. The molecule has 1 fully saturated rings. The third-order valence-electron chi connectivity index (χ3n) is 3.99. The number of carbonyl (C=O) groups is 1. The fourth-order valence-electron chi connectivity index (χ4n) is 2.75. The smallest absolute Gasteiger partial charge is 0.251 e. The molecule has 0 bridgehead atoms. The SMILES string of the molecule is CCN1CCCC(Nc2cccc(C(=O)NC)c2)CC1. The van der Waals surface area contributed by atoms with Crippen LogP contribution in [0.1, 0.15) is 36.5 Å². The quantitative estimate of drug-likeness (QED) is 0.886. The van der Waals surface area contributed by atoms with Crippen LogP contribution in [0.4, 0.5) is 5.69 Å². The summed E-state index contributed by atoms with van der Waals surface area (Å²) in [6.07, 6.45) is 3.60. The molecule has 1 aromatic carbocycles. The highest BCUT2D eigenvalue weighted by Gasteiger charge is 2.16. The minimum Gasteiger partial charge on any atom is -0.382 e. The molecule has 0 aliphatic carbocycles. The maximum atomic E-state index is 11.6. The van der Waals surface area contributed by atoms with Gasteiger partial charge in [0.2, 0.25) is 0 Å². The number of hydrogen-bond donors (Lipinski definition) is 2. The molecule has 0 radical (unpaired) electrons. The monoisotopic (exact) mass is 275 g/mol. The first-order valence-electron chi connectivity index (χ1n) is 7.54. The van der Waals surface area contributed by atoms with Gasteiger partial charge in [-0.25, -0.2) is 0 Å². The minimum atomic E-state index is -0.0355. The average molecular weight is 275 g/mol. The highest BCUT2D eigenvalue weighted by molar-refractivity contribution is 5.94. The predicted octanol–water partition coefficient (Wildman–Crippen LogP) is 2.33. The van der Waals surface area contributed by atoms with Crippen molar-refractivity contribution in [2.45, 2.75) is 32.2 Å². The maximum absolute atomic E-state index is 11.6. The molecule has 0 aromatic heterocycles. The van der Waals surface area contributed by atoms with E-state index in [9.17, 15) is 4.79 Å². The summed E-state index contributed by atoms with van der Waals surface area (Å²) >= 11 is 0. The van der Waals surface area contributed by atoms with Crippen molar-refractivity contribution >= 4 is 11.6 Å². The molecule has 4 heteroatoms. The van der Waals surface area contributed by atoms with Crippen LogP contribution in [0.25, 0.3) is 0 Å². The van der Waals surface area contributed by atoms with E-state index in [2.05, 4.69) is 22.5 Å². The molecule has 4 nitrogen and oxygen atoms in total. The molecular formula is C16H25N3O. The van der Waals surface area contributed by atoms with Crippen LogP contribution >= 0.6 is 0 Å². The van der Waals surface area contributed by atoms with E-state index >= 15 is 0 Å². The van der Waals surface area contributed by atoms with Crippen LogP contribution in [0.2, 0.25) is 0 Å². The van der Waals surface area contributed by atoms with Gasteiger partial charge in [0.1, 0.15) is 0 Å². The minimum absolute atomic E-state index is 0.0355. The molecule has 1 saturated heterocycles. The van der Waals surface area contributed by atoms with Gasteiger partial charge in [0.05, 0.1) is 0 Å². The van der Waals surface area contributed by atoms with Gasteiger partial charge in [-0.3, -0.25) is 4.79 Å². The third kappa shape index (κ3) is 3.97. The molecule has 1 aliphatic rings. The van der Waals surface area contributed by atoms with Gasteiger partial charge in [-0.2, -0.15) is 0 Å². The van der Waals surface area contributed by atoms with Gasteiger partial charge in [0.25, 0.3) is 5.91 Å². The van der Waals surface area contributed by atoms with Crippen molar-refractivity contribution in [1.29, 1.82) is 0 Å². The molecule has 1 aromatic rings. The summed E-state index contributed by atoms with van der Waals surface area (Å²) in [5, 5.41) is 6.24. The van der Waals surface area contributed by atoms with Crippen molar-refractivity contribution in [3.63, 3.8) is 0 Å². The van der Waals surface area contributed by atoms with Gasteiger partial charge in [0.15, 0.2) is 0 Å². The summed E-state index contributed by atoms with van der Waals surface area (Å²) in [5.74, 6) is -0.0355. The van der Waals surface area contributed by atoms with Crippen molar-refractivity contribution in [2.24, 2.45) is 0 Å². The van der Waals surface area contributed by atoms with Crippen LogP contribution in [-0.2, 0) is 0 Å². The second kappa shape index (κ2) is 7.29. The summed E-state index contributed by atoms with van der Waals surface area (Å²) in [6, 6.07) is 8.25. The lowest BCUT2D eigenvalue weighted by Crippen LogP contribution is -2.26. The van der Waals surface area contributed by atoms with Gasteiger partial charge in [-0.05, 0) is 50.6 Å². The molecule has 1 heterocycles. The van der Waals surface area contributed by atoms with Crippen LogP contribution < -0.4 is 10.6 Å². The number of nitrogens with one attached hydrogen (secondary N) is 2. The van der Waals surface area contributed by atoms with Crippen molar-refractivity contribution in [3.05, 3.63) is 29.8 Å². The van der Waals surface area contributed by atoms with Crippen LogP contribution in [0.15, 0.2) is 24.3 Å². The summed E-state index contributed by atoms with van der Waals surface area (Å²) < 4.78 is 0. The van der Waals surface area contributed by atoms with Gasteiger partial charge < -0.3 is 15.5 Å². The zero-order chi connectivity index (χ0) is 14.4. The van der Waals surface area contributed by atoms with Crippen molar-refractivity contribution < 1.29 is 4.79 Å². The number of anilines is 1. The Labute approximate surface area is 121 Å². The lowest BCUT2D eigenvalue weighted by molar-refractivity contribution is 0.0963. The van der Waals surface area contributed by atoms with Crippen LogP contribution in [0, 0.1) is 0 Å². The van der Waals surface area contributed by atoms with E-state index in [0.717, 1.165) is 25.2 Å². The molecule has 0 spiro atoms. The summed E-state index contributed by atoms with van der Waals surface area (Å²) in [6.45, 7) is 5.72. The molecule has 110 valence electrons. The Balaban J connectivity index is 1.97. The Morgan fingerprint density at radius 3 is 2.95 bits per heavy atom. The summed E-state index contributed by atoms with van der Waals surface area (Å²) in [4.78, 5) is 14.2. The Morgan fingerprint density at radius 1 is 1.35 bits per heavy atom. The van der Waals surface area contributed by atoms with Crippen molar-refractivity contribution in [3.8, 4) is 0 Å². The molecule has 1 amide bonds. The number of hydrogen-bond acceptors (Lipinski definition) is 3. The van der Waals surface area contributed by atoms with E-state index in [0.29, 0.717) is 11.6 Å². The van der Waals surface area contributed by atoms with Crippen LogP contribution in [0.3, 0.4) is 0 Å². The number of rotatable bonds is 4. The third-order valence-corrected chi connectivity index (χ3v) is 3.99. The molecule has 1 aliphatic heterocycles. The Bertz CT molecular complexity index is 447. The van der Waals surface area contributed by atoms with Gasteiger partial charge in [-0.15, -0.1) is 0 Å². The van der Waals surface area contributed by atoms with E-state index < -0.39 is 0 Å². The summed E-state index contributed by atoms with van der Waals surface area (Å²) in [5.41, 5.74) is 1.75. The molecular weight excluding hydrogens is 250 g/mol. The number of likely N-dealkylation sites (tertiary alicyclic amines) is 1. The molecule has 1 atom stereocenters. The Kier molecular flexibility index (Phi) is 5.41. The van der Waals surface area contributed by atoms with Gasteiger partial charge in [0, 0.05) is 30.9 Å². The second-order valence-corrected chi connectivity index (χ2v) is 5.37. The number of carbonyl (C=O) groups excluding carboxylic acids is 1. The lowest BCUT2D eigenvalue weighted by atomic mass is 10.1. The average Bonchev–Trinajstić information content (AvgIpc) is 2.72. The number of amides is 1. The first kappa shape index (κ1) is 14.9. The highest BCUT2D eigenvalue weighted by Crippen LogP contribution is 2.18. The van der Waals surface area contributed by atoms with E-state index in [1.807, 2.05) is 24.3 Å². The fraction of sp³-hybridized carbons (Fsp3) is 0.562. The predicted molar refractivity (Wildman–Crippen MR) is 83.2 cm³/mol. The highest BCUT2D eigenvalue weighted by atomic mass is 16.1. The second-order valence-electron chi connectivity index (χ2n) is 5.37. The van der Waals surface area contributed by atoms with Crippen LogP contribution in [-0.4, -0.2) is 43.5 Å². The summed E-state index contributed by atoms with van der Waals surface area (Å²) in [7, 11) is 1.66. The Hall–Kier alpha value is -1.55. The standard InChI is InChI=1S/C16H25N3O/c1-3-19-10-5-8-14(9-11-19)18-15-7-4-6-13(12-15)16(20)17-2/h4,6-7,12,14,18H,3,5,8-11H2,1-2H3,(H,17,20). The normalized spacial score (nSPS) is 20.2. The number of benzene rings is 1. The van der Waals surface area contributed by atoms with Crippen LogP contribution in [0.5, 0.6) is 0 Å². The largest absolute Gasteiger partial charge is 0.382 e. The zero-order valence-electron chi connectivity index (χ0n) is 12.5. The van der Waals surface area contributed by atoms with E-state index in [1.165, 1.54) is 19.4 Å². The van der Waals surface area contributed by atoms with Gasteiger partial charge >= 0.3 is 0 Å². The van der Waals surface area contributed by atoms with Crippen molar-refractivity contribution in [2.75, 3.05) is 32.0 Å². The molecule has 20 heavy (non-hydrogen) atoms. The van der Waals surface area contributed by atoms with Gasteiger partial charge in [-0.1, -0.05) is 13.0 Å². The number of nitrogens with zero attached hydrogens (tertiary/aromatic N) is 1. The van der Waals surface area contributed by atoms with E-state index in [4.69, 9.17) is 0 Å². The van der Waals surface area contributed by atoms with E-state index in [-0.39, 0.29) is 5.91 Å². The fourth-order valence-corrected chi connectivity index (χ4v) is 2.75. The first-order valence-corrected chi connectivity index (χ1v) is 7.54. The molecule has 2 N–H and O–H groups in total. The Morgan fingerprint density at radius 2 is 2.20 bits per heavy atom. The zero-order valence-corrected chi connectivity index (χ0v) is 12.5. The maximum Gasteiger partial charge on any atom is 0.251 e. The topological polar surface area (TPSA) is 44.4 Å². The first-order chi connectivity index (χ1) is 9.72. The van der Waals surface area contributed by atoms with E-state index in [1.54, 1.807) is 7.05 Å². The molecule has 2 rings (SSSR count). The van der Waals surface area contributed by atoms with Crippen molar-refractivity contribution in [1.82, 2.24) is 10.2 Å².